The molecule has 2 heterocycles. The van der Waals surface area contributed by atoms with E-state index in [2.05, 4.69) is 67.9 Å². The quantitative estimate of drug-likeness (QED) is 0.238. The molecule has 1 aliphatic carbocycles. The van der Waals surface area contributed by atoms with Crippen molar-refractivity contribution >= 4 is 5.78 Å². The van der Waals surface area contributed by atoms with E-state index in [1.165, 1.54) is 30.2 Å². The van der Waals surface area contributed by atoms with Crippen LogP contribution in [0.15, 0.2) is 48.7 Å². The third kappa shape index (κ3) is 6.04. The molecule has 41 heavy (non-hydrogen) atoms. The SMILES string of the molecule is CCN(CC)C(C)c1cc(C2CCc3ccc([C@H](C4CC4)[C@H](C)C(C)=O)cc3O2)ccc1-c1cc(OC)ncc1F. The van der Waals surface area contributed by atoms with E-state index in [0.29, 0.717) is 17.4 Å². The van der Waals surface area contributed by atoms with Gasteiger partial charge in [-0.1, -0.05) is 45.0 Å². The van der Waals surface area contributed by atoms with Crippen LogP contribution in [0.25, 0.3) is 11.1 Å². The number of methoxy groups -OCH3 is 1. The fraction of sp³-hybridized carbons (Fsp3) is 0.486. The van der Waals surface area contributed by atoms with Gasteiger partial charge in [0.1, 0.15) is 23.5 Å². The summed E-state index contributed by atoms with van der Waals surface area (Å²) >= 11 is 0. The highest BCUT2D eigenvalue weighted by Crippen LogP contribution is 2.48. The highest BCUT2D eigenvalue weighted by molar-refractivity contribution is 5.79. The number of pyridine rings is 1. The molecular weight excluding hydrogens is 515 g/mol. The third-order valence-corrected chi connectivity index (χ3v) is 9.32. The number of fused-ring (bicyclic) bond motifs is 1. The molecule has 1 aromatic heterocycles. The number of aromatic nitrogens is 1. The van der Waals surface area contributed by atoms with Crippen molar-refractivity contribution in [1.29, 1.82) is 0 Å². The van der Waals surface area contributed by atoms with Crippen molar-refractivity contribution in [3.05, 3.63) is 76.7 Å². The van der Waals surface area contributed by atoms with Crippen molar-refractivity contribution in [2.24, 2.45) is 11.8 Å². The number of carbonyl (C=O) groups is 1. The van der Waals surface area contributed by atoms with Gasteiger partial charge in [-0.15, -0.1) is 0 Å². The van der Waals surface area contributed by atoms with E-state index < -0.39 is 0 Å². The molecule has 3 aromatic rings. The van der Waals surface area contributed by atoms with Crippen LogP contribution >= 0.6 is 0 Å². The van der Waals surface area contributed by atoms with E-state index in [4.69, 9.17) is 9.47 Å². The number of rotatable bonds is 11. The molecule has 1 fully saturated rings. The first-order valence-electron chi connectivity index (χ1n) is 15.1. The fourth-order valence-electron chi connectivity index (χ4n) is 6.58. The Balaban J connectivity index is 1.50. The van der Waals surface area contributed by atoms with E-state index >= 15 is 4.39 Å². The van der Waals surface area contributed by atoms with Gasteiger partial charge in [0, 0.05) is 23.6 Å². The molecule has 0 radical (unpaired) electrons. The molecule has 1 saturated carbocycles. The molecule has 0 bridgehead atoms. The molecule has 5 rings (SSSR count). The van der Waals surface area contributed by atoms with Gasteiger partial charge in [-0.05, 0) is 104 Å². The molecule has 0 spiro atoms. The van der Waals surface area contributed by atoms with E-state index in [0.717, 1.165) is 48.4 Å². The Bertz CT molecular complexity index is 1400. The van der Waals surface area contributed by atoms with Crippen LogP contribution in [0.3, 0.4) is 0 Å². The van der Waals surface area contributed by atoms with E-state index in [1.54, 1.807) is 20.1 Å². The normalized spacial score (nSPS) is 18.8. The van der Waals surface area contributed by atoms with Crippen molar-refractivity contribution in [2.75, 3.05) is 20.2 Å². The zero-order valence-electron chi connectivity index (χ0n) is 25.2. The van der Waals surface area contributed by atoms with Crippen LogP contribution < -0.4 is 9.47 Å². The van der Waals surface area contributed by atoms with Gasteiger partial charge in [-0.2, -0.15) is 0 Å². The second-order valence-electron chi connectivity index (χ2n) is 11.7. The standard InChI is InChI=1S/C35H43FN2O3/c1-7-38(8-2)22(4)29-17-26(13-15-28(29)30-19-34(40-6)37-20-31(30)36)32-16-14-24-9-12-27(18-33(24)41-32)35(25-10-11-25)21(3)23(5)39/h9,12-13,15,17-22,25,32,35H,7-8,10-11,14,16H2,1-6H3/t21-,22?,32?,35+/m1/s1. The summed E-state index contributed by atoms with van der Waals surface area (Å²) in [6.07, 6.45) is 5.30. The number of Topliss-reactive ketones (excluding diaryl/α,β-unsaturated/α-hetero) is 1. The average molecular weight is 559 g/mol. The number of hydrogen-bond donors (Lipinski definition) is 0. The van der Waals surface area contributed by atoms with Crippen molar-refractivity contribution in [2.45, 2.75) is 78.4 Å². The number of aryl methyl sites for hydroxylation is 1. The topological polar surface area (TPSA) is 51.7 Å². The molecule has 6 heteroatoms. The highest BCUT2D eigenvalue weighted by atomic mass is 19.1. The van der Waals surface area contributed by atoms with E-state index in [9.17, 15) is 4.79 Å². The Kier molecular flexibility index (Phi) is 8.79. The lowest BCUT2D eigenvalue weighted by atomic mass is 9.80. The fourth-order valence-corrected chi connectivity index (χ4v) is 6.58. The predicted octanol–water partition coefficient (Wildman–Crippen LogP) is 8.08. The maximum Gasteiger partial charge on any atom is 0.213 e. The number of ether oxygens (including phenoxy) is 2. The van der Waals surface area contributed by atoms with Crippen LogP contribution in [0.4, 0.5) is 4.39 Å². The minimum absolute atomic E-state index is 0.00353. The van der Waals surface area contributed by atoms with Crippen molar-refractivity contribution in [1.82, 2.24) is 9.88 Å². The van der Waals surface area contributed by atoms with Crippen LogP contribution in [0.2, 0.25) is 0 Å². The monoisotopic (exact) mass is 558 g/mol. The summed E-state index contributed by atoms with van der Waals surface area (Å²) in [5.74, 6) is 2.02. The van der Waals surface area contributed by atoms with Crippen LogP contribution in [-0.4, -0.2) is 35.9 Å². The van der Waals surface area contributed by atoms with Gasteiger partial charge in [0.15, 0.2) is 0 Å². The number of ketones is 1. The van der Waals surface area contributed by atoms with Gasteiger partial charge in [-0.25, -0.2) is 9.37 Å². The lowest BCUT2D eigenvalue weighted by Crippen LogP contribution is -2.27. The Morgan fingerprint density at radius 2 is 1.83 bits per heavy atom. The Morgan fingerprint density at radius 1 is 1.07 bits per heavy atom. The van der Waals surface area contributed by atoms with Gasteiger partial charge in [0.05, 0.1) is 13.3 Å². The minimum atomic E-state index is -0.369. The van der Waals surface area contributed by atoms with Crippen LogP contribution in [0.1, 0.15) is 94.2 Å². The second-order valence-corrected chi connectivity index (χ2v) is 11.7. The van der Waals surface area contributed by atoms with E-state index in [1.807, 2.05) is 6.07 Å². The maximum atomic E-state index is 15.1. The summed E-state index contributed by atoms with van der Waals surface area (Å²) in [5, 5.41) is 0. The molecule has 1 aliphatic heterocycles. The van der Waals surface area contributed by atoms with Gasteiger partial charge in [-0.3, -0.25) is 9.69 Å². The van der Waals surface area contributed by atoms with E-state index in [-0.39, 0.29) is 35.6 Å². The van der Waals surface area contributed by atoms with Crippen LogP contribution in [-0.2, 0) is 11.2 Å². The second kappa shape index (κ2) is 12.3. The van der Waals surface area contributed by atoms with Gasteiger partial charge < -0.3 is 9.47 Å². The zero-order chi connectivity index (χ0) is 29.3. The maximum absolute atomic E-state index is 15.1. The van der Waals surface area contributed by atoms with Crippen LogP contribution in [0, 0.1) is 17.7 Å². The summed E-state index contributed by atoms with van der Waals surface area (Å²) in [5.41, 5.74) is 5.91. The molecule has 0 N–H and O–H groups in total. The molecule has 2 aromatic carbocycles. The predicted molar refractivity (Wildman–Crippen MR) is 161 cm³/mol. The average Bonchev–Trinajstić information content (AvgIpc) is 3.82. The summed E-state index contributed by atoms with van der Waals surface area (Å²) < 4.78 is 27.1. The molecule has 0 amide bonds. The largest absolute Gasteiger partial charge is 0.485 e. The van der Waals surface area contributed by atoms with Crippen LogP contribution in [0.5, 0.6) is 11.6 Å². The third-order valence-electron chi connectivity index (χ3n) is 9.32. The van der Waals surface area contributed by atoms with Gasteiger partial charge >= 0.3 is 0 Å². The van der Waals surface area contributed by atoms with Crippen molar-refractivity contribution in [3.8, 4) is 22.8 Å². The Morgan fingerprint density at radius 3 is 2.49 bits per heavy atom. The number of carbonyl (C=O) groups excluding carboxylic acids is 1. The molecule has 2 aliphatic rings. The highest BCUT2D eigenvalue weighted by Gasteiger charge is 2.38. The number of benzene rings is 2. The number of nitrogens with zero attached hydrogens (tertiary/aromatic N) is 2. The molecule has 218 valence electrons. The first-order chi connectivity index (χ1) is 19.7. The summed E-state index contributed by atoms with van der Waals surface area (Å²) in [7, 11) is 1.55. The van der Waals surface area contributed by atoms with Gasteiger partial charge in [0.2, 0.25) is 5.88 Å². The number of hydrogen-bond acceptors (Lipinski definition) is 5. The molecule has 5 nitrogen and oxygen atoms in total. The lowest BCUT2D eigenvalue weighted by molar-refractivity contribution is -0.121. The first-order valence-corrected chi connectivity index (χ1v) is 15.1. The summed E-state index contributed by atoms with van der Waals surface area (Å²) in [6.45, 7) is 12.0. The van der Waals surface area contributed by atoms with Gasteiger partial charge in [0.25, 0.3) is 0 Å². The smallest absolute Gasteiger partial charge is 0.213 e. The lowest BCUT2D eigenvalue weighted by Gasteiger charge is -2.31. The summed E-state index contributed by atoms with van der Waals surface area (Å²) in [4.78, 5) is 18.7. The zero-order valence-corrected chi connectivity index (χ0v) is 25.2. The molecular formula is C35H43FN2O3. The summed E-state index contributed by atoms with van der Waals surface area (Å²) in [6, 6.07) is 14.6. The Hall–Kier alpha value is -3.25. The minimum Gasteiger partial charge on any atom is -0.485 e. The Labute approximate surface area is 244 Å². The van der Waals surface area contributed by atoms with Crippen molar-refractivity contribution < 1.29 is 18.7 Å². The molecule has 2 unspecified atom stereocenters. The van der Waals surface area contributed by atoms with Crippen molar-refractivity contribution in [3.63, 3.8) is 0 Å². The molecule has 0 saturated heterocycles. The first kappa shape index (κ1) is 29.2. The molecule has 4 atom stereocenters. The number of halogens is 1.